The van der Waals surface area contributed by atoms with E-state index in [1.165, 1.54) is 50.5 Å². The molecule has 0 spiro atoms. The van der Waals surface area contributed by atoms with Crippen molar-refractivity contribution in [3.63, 3.8) is 0 Å². The van der Waals surface area contributed by atoms with Crippen LogP contribution in [0.4, 0.5) is 17.1 Å². The third-order valence-corrected chi connectivity index (χ3v) is 4.22. The number of hydrogen-bond donors (Lipinski definition) is 3. The second-order valence-electron chi connectivity index (χ2n) is 6.05. The Morgan fingerprint density at radius 3 is 1.86 bits per heavy atom. The van der Waals surface area contributed by atoms with Gasteiger partial charge in [-0.05, 0) is 37.3 Å². The van der Waals surface area contributed by atoms with E-state index in [-0.39, 0.29) is 0 Å². The van der Waals surface area contributed by atoms with Gasteiger partial charge in [-0.3, -0.25) is 0 Å². The Kier molecular flexibility index (Phi) is 8.03. The first-order valence-corrected chi connectivity index (χ1v) is 8.56. The van der Waals surface area contributed by atoms with Crippen LogP contribution in [0.15, 0.2) is 6.07 Å². The summed E-state index contributed by atoms with van der Waals surface area (Å²) in [5.74, 6) is 0. The predicted octanol–water partition coefficient (Wildman–Crippen LogP) is 4.68. The minimum Gasteiger partial charge on any atom is -0.398 e. The number of nitrogen functional groups attached to an aromatic ring is 3. The monoisotopic (exact) mass is 291 g/mol. The second kappa shape index (κ2) is 9.54. The van der Waals surface area contributed by atoms with Crippen LogP contribution in [0.3, 0.4) is 0 Å². The van der Waals surface area contributed by atoms with E-state index in [0.717, 1.165) is 30.5 Å². The zero-order chi connectivity index (χ0) is 15.7. The van der Waals surface area contributed by atoms with Gasteiger partial charge in [-0.25, -0.2) is 0 Å². The van der Waals surface area contributed by atoms with Gasteiger partial charge in [-0.1, -0.05) is 52.4 Å². The molecule has 120 valence electrons. The number of anilines is 3. The molecule has 0 aliphatic heterocycles. The molecule has 3 nitrogen and oxygen atoms in total. The lowest BCUT2D eigenvalue weighted by Crippen LogP contribution is -2.08. The molecule has 0 aromatic heterocycles. The number of nitrogens with two attached hydrogens (primary N) is 3. The number of rotatable bonds is 10. The van der Waals surface area contributed by atoms with Crippen molar-refractivity contribution < 1.29 is 0 Å². The van der Waals surface area contributed by atoms with Crippen molar-refractivity contribution in [2.24, 2.45) is 0 Å². The maximum absolute atomic E-state index is 6.35. The van der Waals surface area contributed by atoms with Gasteiger partial charge in [-0.15, -0.1) is 0 Å². The van der Waals surface area contributed by atoms with Crippen LogP contribution in [0.25, 0.3) is 0 Å². The van der Waals surface area contributed by atoms with E-state index in [2.05, 4.69) is 13.8 Å². The van der Waals surface area contributed by atoms with E-state index >= 15 is 0 Å². The molecule has 0 amide bonds. The molecular weight excluding hydrogens is 258 g/mol. The molecule has 0 bridgehead atoms. The summed E-state index contributed by atoms with van der Waals surface area (Å²) in [5, 5.41) is 0. The predicted molar refractivity (Wildman–Crippen MR) is 95.4 cm³/mol. The van der Waals surface area contributed by atoms with Crippen molar-refractivity contribution in [3.8, 4) is 0 Å². The molecule has 1 aromatic rings. The standard InChI is InChI=1S/C18H33N3/c1-3-5-7-9-11-14-13-16(19)18(21)15(17(14)20)12-10-8-6-4-2/h13H,3-12,19-21H2,1-2H3. The van der Waals surface area contributed by atoms with Crippen molar-refractivity contribution in [2.75, 3.05) is 17.2 Å². The van der Waals surface area contributed by atoms with E-state index in [9.17, 15) is 0 Å². The molecule has 0 saturated carbocycles. The lowest BCUT2D eigenvalue weighted by atomic mass is 9.95. The summed E-state index contributed by atoms with van der Waals surface area (Å²) < 4.78 is 0. The van der Waals surface area contributed by atoms with Crippen molar-refractivity contribution >= 4 is 17.1 Å². The van der Waals surface area contributed by atoms with Crippen LogP contribution in [0.5, 0.6) is 0 Å². The molecular formula is C18H33N3. The summed E-state index contributed by atoms with van der Waals surface area (Å²) >= 11 is 0. The molecule has 3 heteroatoms. The van der Waals surface area contributed by atoms with Gasteiger partial charge < -0.3 is 17.2 Å². The zero-order valence-corrected chi connectivity index (χ0v) is 13.9. The Bertz CT molecular complexity index is 427. The molecule has 21 heavy (non-hydrogen) atoms. The molecule has 0 unspecified atom stereocenters. The van der Waals surface area contributed by atoms with Crippen LogP contribution in [-0.4, -0.2) is 0 Å². The van der Waals surface area contributed by atoms with Gasteiger partial charge in [0, 0.05) is 11.3 Å². The van der Waals surface area contributed by atoms with Gasteiger partial charge in [0.05, 0.1) is 11.4 Å². The van der Waals surface area contributed by atoms with E-state index in [1.807, 2.05) is 6.07 Å². The van der Waals surface area contributed by atoms with Gasteiger partial charge in [0.1, 0.15) is 0 Å². The average molecular weight is 291 g/mol. The lowest BCUT2D eigenvalue weighted by molar-refractivity contribution is 0.663. The first-order valence-electron chi connectivity index (χ1n) is 8.56. The number of unbranched alkanes of at least 4 members (excludes halogenated alkanes) is 6. The Morgan fingerprint density at radius 2 is 1.29 bits per heavy atom. The molecule has 0 radical (unpaired) electrons. The average Bonchev–Trinajstić information content (AvgIpc) is 2.48. The molecule has 1 aromatic carbocycles. The summed E-state index contributed by atoms with van der Waals surface area (Å²) in [4.78, 5) is 0. The third kappa shape index (κ3) is 5.49. The third-order valence-electron chi connectivity index (χ3n) is 4.22. The first kappa shape index (κ1) is 17.7. The Hall–Kier alpha value is -1.38. The van der Waals surface area contributed by atoms with Crippen molar-refractivity contribution in [2.45, 2.75) is 78.1 Å². The van der Waals surface area contributed by atoms with E-state index in [0.29, 0.717) is 11.4 Å². The summed E-state index contributed by atoms with van der Waals surface area (Å²) in [6.07, 6.45) is 11.8. The first-order chi connectivity index (χ1) is 10.1. The van der Waals surface area contributed by atoms with Gasteiger partial charge >= 0.3 is 0 Å². The summed E-state index contributed by atoms with van der Waals surface area (Å²) in [5.41, 5.74) is 23.1. The molecule has 1 rings (SSSR count). The summed E-state index contributed by atoms with van der Waals surface area (Å²) in [6, 6.07) is 1.98. The number of aryl methyl sites for hydroxylation is 1. The highest BCUT2D eigenvalue weighted by Crippen LogP contribution is 2.32. The van der Waals surface area contributed by atoms with Crippen molar-refractivity contribution in [1.29, 1.82) is 0 Å². The second-order valence-corrected chi connectivity index (χ2v) is 6.05. The minimum atomic E-state index is 0.695. The lowest BCUT2D eigenvalue weighted by Gasteiger charge is -2.16. The van der Waals surface area contributed by atoms with Crippen LogP contribution in [0.2, 0.25) is 0 Å². The molecule has 0 fully saturated rings. The molecule has 0 heterocycles. The van der Waals surface area contributed by atoms with E-state index in [1.54, 1.807) is 0 Å². The molecule has 0 atom stereocenters. The Labute approximate surface area is 130 Å². The highest BCUT2D eigenvalue weighted by molar-refractivity contribution is 5.77. The van der Waals surface area contributed by atoms with Gasteiger partial charge in [0.2, 0.25) is 0 Å². The summed E-state index contributed by atoms with van der Waals surface area (Å²) in [7, 11) is 0. The fraction of sp³-hybridized carbons (Fsp3) is 0.667. The maximum atomic E-state index is 6.35. The Balaban J connectivity index is 2.73. The SMILES string of the molecule is CCCCCCc1cc(N)c(N)c(CCCCCC)c1N. The smallest absolute Gasteiger partial charge is 0.0601 e. The quantitative estimate of drug-likeness (QED) is 0.432. The Morgan fingerprint density at radius 1 is 0.714 bits per heavy atom. The van der Waals surface area contributed by atoms with Crippen LogP contribution in [0, 0.1) is 0 Å². The van der Waals surface area contributed by atoms with Gasteiger partial charge in [0.15, 0.2) is 0 Å². The highest BCUT2D eigenvalue weighted by Gasteiger charge is 2.12. The molecule has 0 aliphatic carbocycles. The topological polar surface area (TPSA) is 78.1 Å². The van der Waals surface area contributed by atoms with Crippen LogP contribution < -0.4 is 17.2 Å². The van der Waals surface area contributed by atoms with Crippen molar-refractivity contribution in [1.82, 2.24) is 0 Å². The summed E-state index contributed by atoms with van der Waals surface area (Å²) in [6.45, 7) is 4.45. The van der Waals surface area contributed by atoms with Crippen LogP contribution in [-0.2, 0) is 12.8 Å². The number of hydrogen-bond acceptors (Lipinski definition) is 3. The van der Waals surface area contributed by atoms with Gasteiger partial charge in [-0.2, -0.15) is 0 Å². The fourth-order valence-corrected chi connectivity index (χ4v) is 2.80. The van der Waals surface area contributed by atoms with Gasteiger partial charge in [0.25, 0.3) is 0 Å². The maximum Gasteiger partial charge on any atom is 0.0601 e. The van der Waals surface area contributed by atoms with Crippen LogP contribution in [0.1, 0.15) is 76.3 Å². The fourth-order valence-electron chi connectivity index (χ4n) is 2.80. The van der Waals surface area contributed by atoms with Crippen LogP contribution >= 0.6 is 0 Å². The van der Waals surface area contributed by atoms with E-state index < -0.39 is 0 Å². The zero-order valence-electron chi connectivity index (χ0n) is 13.9. The molecule has 6 N–H and O–H groups in total. The van der Waals surface area contributed by atoms with E-state index in [4.69, 9.17) is 17.2 Å². The largest absolute Gasteiger partial charge is 0.398 e. The molecule has 0 saturated heterocycles. The van der Waals surface area contributed by atoms with Crippen molar-refractivity contribution in [3.05, 3.63) is 17.2 Å². The highest BCUT2D eigenvalue weighted by atomic mass is 14.7. The molecule has 0 aliphatic rings. The minimum absolute atomic E-state index is 0.695. The normalized spacial score (nSPS) is 11.0. The number of benzene rings is 1.